The molecule has 1 aliphatic rings. The van der Waals surface area contributed by atoms with Gasteiger partial charge in [-0.2, -0.15) is 0 Å². The highest BCUT2D eigenvalue weighted by Crippen LogP contribution is 2.54. The van der Waals surface area contributed by atoms with Crippen LogP contribution in [0, 0.1) is 3.57 Å². The molecule has 2 aromatic carbocycles. The Hall–Kier alpha value is -0.830. The van der Waals surface area contributed by atoms with Gasteiger partial charge in [-0.15, -0.1) is 0 Å². The standard InChI is InChI=1S/C27H37I/c1-3-5-7-9-13-19-27(20-14-10-8-6-4-2)25-16-12-11-15-23(25)24-18-17-22(28)21-26(24)27/h11-12,15-18,21H,3-10,13-14,19-20H2,1-2H3. The monoisotopic (exact) mass is 488 g/mol. The Balaban J connectivity index is 1.89. The molecule has 0 atom stereocenters. The Morgan fingerprint density at radius 1 is 0.643 bits per heavy atom. The highest BCUT2D eigenvalue weighted by atomic mass is 127. The fourth-order valence-electron chi connectivity index (χ4n) is 5.15. The van der Waals surface area contributed by atoms with E-state index in [0.717, 1.165) is 0 Å². The second-order valence-corrected chi connectivity index (χ2v) is 9.89. The van der Waals surface area contributed by atoms with Crippen LogP contribution in [-0.4, -0.2) is 0 Å². The Bertz CT molecular complexity index is 732. The van der Waals surface area contributed by atoms with E-state index in [1.54, 1.807) is 11.1 Å². The number of unbranched alkanes of at least 4 members (excludes halogenated alkanes) is 8. The summed E-state index contributed by atoms with van der Waals surface area (Å²) in [6.45, 7) is 4.62. The maximum absolute atomic E-state index is 2.50. The topological polar surface area (TPSA) is 0 Å². The summed E-state index contributed by atoms with van der Waals surface area (Å²) in [6, 6.07) is 16.4. The summed E-state index contributed by atoms with van der Waals surface area (Å²) in [7, 11) is 0. The number of halogens is 1. The second kappa shape index (κ2) is 10.8. The van der Waals surface area contributed by atoms with E-state index in [2.05, 4.69) is 78.9 Å². The van der Waals surface area contributed by atoms with E-state index in [1.807, 2.05) is 0 Å². The van der Waals surface area contributed by atoms with Crippen LogP contribution in [0.3, 0.4) is 0 Å². The quantitative estimate of drug-likeness (QED) is 0.206. The molecule has 2 aromatic rings. The molecule has 0 bridgehead atoms. The van der Waals surface area contributed by atoms with Crippen molar-refractivity contribution in [2.75, 3.05) is 0 Å². The van der Waals surface area contributed by atoms with E-state index < -0.39 is 0 Å². The molecule has 0 saturated carbocycles. The van der Waals surface area contributed by atoms with Gasteiger partial charge in [-0.05, 0) is 69.8 Å². The molecule has 0 saturated heterocycles. The molecule has 0 radical (unpaired) electrons. The smallest absolute Gasteiger partial charge is 0.0215 e. The van der Waals surface area contributed by atoms with Crippen LogP contribution >= 0.6 is 22.6 Å². The third kappa shape index (κ3) is 4.83. The fourth-order valence-corrected chi connectivity index (χ4v) is 5.64. The first kappa shape index (κ1) is 21.9. The number of hydrogen-bond acceptors (Lipinski definition) is 0. The Kier molecular flexibility index (Phi) is 8.44. The zero-order valence-electron chi connectivity index (χ0n) is 17.9. The van der Waals surface area contributed by atoms with E-state index in [-0.39, 0.29) is 5.41 Å². The van der Waals surface area contributed by atoms with E-state index in [0.29, 0.717) is 0 Å². The van der Waals surface area contributed by atoms with Crippen molar-refractivity contribution in [2.24, 2.45) is 0 Å². The fraction of sp³-hybridized carbons (Fsp3) is 0.556. The normalized spacial score (nSPS) is 14.1. The van der Waals surface area contributed by atoms with Gasteiger partial charge in [0.15, 0.2) is 0 Å². The number of hydrogen-bond donors (Lipinski definition) is 0. The van der Waals surface area contributed by atoms with Crippen molar-refractivity contribution < 1.29 is 0 Å². The summed E-state index contributed by atoms with van der Waals surface area (Å²) in [5.74, 6) is 0. The Labute approximate surface area is 186 Å². The predicted octanol–water partition coefficient (Wildman–Crippen LogP) is 9.28. The molecule has 1 aliphatic carbocycles. The lowest BCUT2D eigenvalue weighted by Gasteiger charge is -2.33. The van der Waals surface area contributed by atoms with Gasteiger partial charge in [0.25, 0.3) is 0 Å². The lowest BCUT2D eigenvalue weighted by atomic mass is 9.70. The van der Waals surface area contributed by atoms with Crippen LogP contribution in [0.4, 0.5) is 0 Å². The van der Waals surface area contributed by atoms with Crippen LogP contribution < -0.4 is 0 Å². The number of rotatable bonds is 12. The van der Waals surface area contributed by atoms with Crippen molar-refractivity contribution in [3.05, 3.63) is 57.2 Å². The molecule has 3 rings (SSSR count). The molecule has 1 heteroatoms. The molecule has 0 spiro atoms. The van der Waals surface area contributed by atoms with E-state index in [4.69, 9.17) is 0 Å². The van der Waals surface area contributed by atoms with Gasteiger partial charge >= 0.3 is 0 Å². The van der Waals surface area contributed by atoms with Gasteiger partial charge < -0.3 is 0 Å². The summed E-state index contributed by atoms with van der Waals surface area (Å²) < 4.78 is 1.38. The Morgan fingerprint density at radius 3 is 1.86 bits per heavy atom. The minimum absolute atomic E-state index is 0.242. The molecule has 0 fully saturated rings. The largest absolute Gasteiger partial charge is 0.0654 e. The molecular formula is C27H37I. The van der Waals surface area contributed by atoms with Crippen LogP contribution in [-0.2, 0) is 5.41 Å². The van der Waals surface area contributed by atoms with Gasteiger partial charge in [-0.1, -0.05) is 108 Å². The van der Waals surface area contributed by atoms with Crippen molar-refractivity contribution in [1.82, 2.24) is 0 Å². The molecule has 0 unspecified atom stereocenters. The van der Waals surface area contributed by atoms with Gasteiger partial charge in [0.1, 0.15) is 0 Å². The van der Waals surface area contributed by atoms with E-state index in [1.165, 1.54) is 91.7 Å². The first-order valence-electron chi connectivity index (χ1n) is 11.6. The zero-order valence-corrected chi connectivity index (χ0v) is 20.1. The van der Waals surface area contributed by atoms with Crippen LogP contribution in [0.5, 0.6) is 0 Å². The average Bonchev–Trinajstić information content (AvgIpc) is 2.97. The minimum atomic E-state index is 0.242. The average molecular weight is 488 g/mol. The number of benzene rings is 2. The molecule has 28 heavy (non-hydrogen) atoms. The van der Waals surface area contributed by atoms with Crippen molar-refractivity contribution in [3.63, 3.8) is 0 Å². The van der Waals surface area contributed by atoms with Gasteiger partial charge in [-0.25, -0.2) is 0 Å². The van der Waals surface area contributed by atoms with Gasteiger partial charge in [0.05, 0.1) is 0 Å². The van der Waals surface area contributed by atoms with Crippen LogP contribution in [0.2, 0.25) is 0 Å². The third-order valence-electron chi connectivity index (χ3n) is 6.64. The molecule has 0 N–H and O–H groups in total. The van der Waals surface area contributed by atoms with Gasteiger partial charge in [0, 0.05) is 8.99 Å². The molecule has 0 heterocycles. The van der Waals surface area contributed by atoms with Crippen LogP contribution in [0.1, 0.15) is 102 Å². The summed E-state index contributed by atoms with van der Waals surface area (Å²) in [6.07, 6.45) is 16.3. The lowest BCUT2D eigenvalue weighted by molar-refractivity contribution is 0.399. The first-order valence-corrected chi connectivity index (χ1v) is 12.7. The maximum atomic E-state index is 2.50. The summed E-state index contributed by atoms with van der Waals surface area (Å²) in [5, 5.41) is 0. The molecule has 0 amide bonds. The molecule has 152 valence electrons. The molecule has 0 aliphatic heterocycles. The predicted molar refractivity (Wildman–Crippen MR) is 132 cm³/mol. The van der Waals surface area contributed by atoms with E-state index in [9.17, 15) is 0 Å². The zero-order chi connectivity index (χ0) is 19.8. The van der Waals surface area contributed by atoms with Crippen molar-refractivity contribution in [3.8, 4) is 11.1 Å². The summed E-state index contributed by atoms with van der Waals surface area (Å²) in [5.41, 5.74) is 6.46. The first-order chi connectivity index (χ1) is 13.7. The summed E-state index contributed by atoms with van der Waals surface area (Å²) in [4.78, 5) is 0. The lowest BCUT2D eigenvalue weighted by Crippen LogP contribution is -2.25. The number of fused-ring (bicyclic) bond motifs is 3. The minimum Gasteiger partial charge on any atom is -0.0654 e. The van der Waals surface area contributed by atoms with Crippen LogP contribution in [0.15, 0.2) is 42.5 Å². The van der Waals surface area contributed by atoms with E-state index >= 15 is 0 Å². The van der Waals surface area contributed by atoms with Gasteiger partial charge in [-0.3, -0.25) is 0 Å². The SMILES string of the molecule is CCCCCCCC1(CCCCCCC)c2ccccc2-c2ccc(I)cc21. The highest BCUT2D eigenvalue weighted by Gasteiger charge is 2.41. The third-order valence-corrected chi connectivity index (χ3v) is 7.32. The maximum Gasteiger partial charge on any atom is 0.0215 e. The second-order valence-electron chi connectivity index (χ2n) is 8.65. The molecule has 0 aromatic heterocycles. The van der Waals surface area contributed by atoms with Crippen molar-refractivity contribution in [2.45, 2.75) is 96.3 Å². The van der Waals surface area contributed by atoms with Crippen molar-refractivity contribution >= 4 is 22.6 Å². The van der Waals surface area contributed by atoms with Crippen molar-refractivity contribution in [1.29, 1.82) is 0 Å². The summed E-state index contributed by atoms with van der Waals surface area (Å²) >= 11 is 2.50. The Morgan fingerprint density at radius 2 is 1.21 bits per heavy atom. The van der Waals surface area contributed by atoms with Gasteiger partial charge in [0.2, 0.25) is 0 Å². The highest BCUT2D eigenvalue weighted by molar-refractivity contribution is 14.1. The van der Waals surface area contributed by atoms with Crippen LogP contribution in [0.25, 0.3) is 11.1 Å². The molecule has 0 nitrogen and oxygen atoms in total. The molecular weight excluding hydrogens is 451 g/mol.